The molecule has 2 rings (SSSR count). The molecule has 0 saturated carbocycles. The Hall–Kier alpha value is -1.65. The quantitative estimate of drug-likeness (QED) is 0.737. The van der Waals surface area contributed by atoms with Crippen LogP contribution in [-0.4, -0.2) is 24.1 Å². The topological polar surface area (TPSA) is 29.5 Å². The van der Waals surface area contributed by atoms with Gasteiger partial charge in [-0.1, -0.05) is 0 Å². The maximum atomic E-state index is 13.2. The highest BCUT2D eigenvalue weighted by atomic mass is 19.1. The van der Waals surface area contributed by atoms with Gasteiger partial charge >= 0.3 is 6.09 Å². The second-order valence-electron chi connectivity index (χ2n) is 3.64. The minimum Gasteiger partial charge on any atom is -0.407 e. The molecule has 86 valence electrons. The van der Waals surface area contributed by atoms with Crippen molar-refractivity contribution in [3.8, 4) is 5.75 Å². The van der Waals surface area contributed by atoms with Crippen LogP contribution in [0.4, 0.5) is 13.6 Å². The Morgan fingerprint density at radius 2 is 1.94 bits per heavy atom. The summed E-state index contributed by atoms with van der Waals surface area (Å²) in [5.74, 6) is -1.74. The van der Waals surface area contributed by atoms with Crippen molar-refractivity contribution >= 4 is 6.09 Å². The van der Waals surface area contributed by atoms with Crippen LogP contribution >= 0.6 is 0 Å². The van der Waals surface area contributed by atoms with Crippen LogP contribution < -0.4 is 4.74 Å². The zero-order chi connectivity index (χ0) is 11.5. The molecule has 0 atom stereocenters. The predicted molar refractivity (Wildman–Crippen MR) is 53.2 cm³/mol. The van der Waals surface area contributed by atoms with Crippen LogP contribution in [-0.2, 0) is 0 Å². The number of nitrogens with zero attached hydrogens (tertiary/aromatic N) is 1. The number of hydrogen-bond donors (Lipinski definition) is 0. The standard InChI is InChI=1S/C11H11F2NO2/c12-8-3-4-9(13)10(7-8)16-11(15)14-5-1-2-6-14/h3-4,7H,1-2,5-6H2. The first-order valence-electron chi connectivity index (χ1n) is 5.08. The van der Waals surface area contributed by atoms with E-state index < -0.39 is 17.7 Å². The van der Waals surface area contributed by atoms with Gasteiger partial charge in [0.15, 0.2) is 11.6 Å². The molecule has 0 radical (unpaired) electrons. The molecular formula is C11H11F2NO2. The largest absolute Gasteiger partial charge is 0.415 e. The first-order chi connectivity index (χ1) is 7.66. The summed E-state index contributed by atoms with van der Waals surface area (Å²) < 4.78 is 30.7. The fourth-order valence-electron chi connectivity index (χ4n) is 1.61. The summed E-state index contributed by atoms with van der Waals surface area (Å²) in [6, 6.07) is 2.77. The van der Waals surface area contributed by atoms with E-state index in [2.05, 4.69) is 0 Å². The fourth-order valence-corrected chi connectivity index (χ4v) is 1.61. The van der Waals surface area contributed by atoms with E-state index in [1.54, 1.807) is 0 Å². The Morgan fingerprint density at radius 1 is 1.25 bits per heavy atom. The van der Waals surface area contributed by atoms with Gasteiger partial charge in [-0.3, -0.25) is 0 Å². The van der Waals surface area contributed by atoms with Gasteiger partial charge in [-0.15, -0.1) is 0 Å². The molecule has 1 fully saturated rings. The van der Waals surface area contributed by atoms with Gasteiger partial charge in [-0.05, 0) is 25.0 Å². The molecule has 1 heterocycles. The second kappa shape index (κ2) is 4.47. The van der Waals surface area contributed by atoms with Crippen molar-refractivity contribution in [3.05, 3.63) is 29.8 Å². The van der Waals surface area contributed by atoms with E-state index in [0.29, 0.717) is 13.1 Å². The van der Waals surface area contributed by atoms with Gasteiger partial charge in [0.2, 0.25) is 0 Å². The number of likely N-dealkylation sites (tertiary alicyclic amines) is 1. The molecule has 1 aromatic carbocycles. The van der Waals surface area contributed by atoms with E-state index >= 15 is 0 Å². The van der Waals surface area contributed by atoms with Crippen molar-refractivity contribution in [1.82, 2.24) is 4.90 Å². The average molecular weight is 227 g/mol. The lowest BCUT2D eigenvalue weighted by Gasteiger charge is -2.14. The average Bonchev–Trinajstić information content (AvgIpc) is 2.76. The molecule has 0 unspecified atom stereocenters. The van der Waals surface area contributed by atoms with Gasteiger partial charge < -0.3 is 9.64 Å². The molecule has 1 aromatic rings. The Bertz CT molecular complexity index is 403. The van der Waals surface area contributed by atoms with Crippen molar-refractivity contribution < 1.29 is 18.3 Å². The zero-order valence-electron chi connectivity index (χ0n) is 8.58. The van der Waals surface area contributed by atoms with E-state index in [4.69, 9.17) is 4.74 Å². The number of carbonyl (C=O) groups is 1. The Morgan fingerprint density at radius 3 is 2.62 bits per heavy atom. The molecule has 0 spiro atoms. The summed E-state index contributed by atoms with van der Waals surface area (Å²) in [5, 5.41) is 0. The van der Waals surface area contributed by atoms with Gasteiger partial charge in [0, 0.05) is 19.2 Å². The first kappa shape index (κ1) is 10.9. The van der Waals surface area contributed by atoms with Gasteiger partial charge in [0.05, 0.1) is 0 Å². The Balaban J connectivity index is 2.07. The summed E-state index contributed by atoms with van der Waals surface area (Å²) >= 11 is 0. The molecule has 0 N–H and O–H groups in total. The number of halogens is 2. The number of benzene rings is 1. The summed E-state index contributed by atoms with van der Waals surface area (Å²) in [5.41, 5.74) is 0. The highest BCUT2D eigenvalue weighted by Gasteiger charge is 2.21. The molecule has 0 bridgehead atoms. The fraction of sp³-hybridized carbons (Fsp3) is 0.364. The second-order valence-corrected chi connectivity index (χ2v) is 3.64. The first-order valence-corrected chi connectivity index (χ1v) is 5.08. The molecule has 1 amide bonds. The maximum Gasteiger partial charge on any atom is 0.415 e. The lowest BCUT2D eigenvalue weighted by atomic mass is 10.3. The van der Waals surface area contributed by atoms with Crippen LogP contribution in [0.1, 0.15) is 12.8 Å². The molecule has 16 heavy (non-hydrogen) atoms. The van der Waals surface area contributed by atoms with E-state index in [9.17, 15) is 13.6 Å². The van der Waals surface area contributed by atoms with Crippen molar-refractivity contribution in [3.63, 3.8) is 0 Å². The molecule has 5 heteroatoms. The normalized spacial score (nSPS) is 15.2. The molecule has 0 aliphatic carbocycles. The van der Waals surface area contributed by atoms with Gasteiger partial charge in [0.25, 0.3) is 0 Å². The monoisotopic (exact) mass is 227 g/mol. The van der Waals surface area contributed by atoms with Crippen LogP contribution in [0.25, 0.3) is 0 Å². The van der Waals surface area contributed by atoms with E-state index in [1.807, 2.05) is 0 Å². The highest BCUT2D eigenvalue weighted by molar-refractivity contribution is 5.71. The van der Waals surface area contributed by atoms with Crippen molar-refractivity contribution in [2.24, 2.45) is 0 Å². The molecule has 0 aromatic heterocycles. The smallest absolute Gasteiger partial charge is 0.407 e. The maximum absolute atomic E-state index is 13.2. The van der Waals surface area contributed by atoms with Gasteiger partial charge in [-0.2, -0.15) is 0 Å². The van der Waals surface area contributed by atoms with E-state index in [1.165, 1.54) is 4.90 Å². The summed E-state index contributed by atoms with van der Waals surface area (Å²) in [4.78, 5) is 13.0. The summed E-state index contributed by atoms with van der Waals surface area (Å²) in [6.45, 7) is 1.21. The predicted octanol–water partition coefficient (Wildman–Crippen LogP) is 2.56. The molecular weight excluding hydrogens is 216 g/mol. The van der Waals surface area contributed by atoms with Crippen LogP contribution in [0.2, 0.25) is 0 Å². The SMILES string of the molecule is O=C(Oc1cc(F)ccc1F)N1CCCC1. The zero-order valence-corrected chi connectivity index (χ0v) is 8.58. The minimum absolute atomic E-state index is 0.364. The third kappa shape index (κ3) is 2.29. The number of amides is 1. The third-order valence-electron chi connectivity index (χ3n) is 2.45. The van der Waals surface area contributed by atoms with Crippen molar-refractivity contribution in [2.75, 3.05) is 13.1 Å². The van der Waals surface area contributed by atoms with Crippen LogP contribution in [0.15, 0.2) is 18.2 Å². The number of rotatable bonds is 1. The minimum atomic E-state index is -0.742. The van der Waals surface area contributed by atoms with E-state index in [0.717, 1.165) is 31.0 Å². The van der Waals surface area contributed by atoms with Crippen LogP contribution in [0.5, 0.6) is 5.75 Å². The van der Waals surface area contributed by atoms with Gasteiger partial charge in [0.1, 0.15) is 5.82 Å². The molecule has 1 aliphatic rings. The Kier molecular flexibility index (Phi) is 3.03. The summed E-state index contributed by atoms with van der Waals surface area (Å²) in [6.07, 6.45) is 1.21. The van der Waals surface area contributed by atoms with Crippen molar-refractivity contribution in [2.45, 2.75) is 12.8 Å². The lowest BCUT2D eigenvalue weighted by Crippen LogP contribution is -2.30. The van der Waals surface area contributed by atoms with Gasteiger partial charge in [-0.25, -0.2) is 13.6 Å². The van der Waals surface area contributed by atoms with Crippen LogP contribution in [0.3, 0.4) is 0 Å². The number of ether oxygens (including phenoxy) is 1. The highest BCUT2D eigenvalue weighted by Crippen LogP contribution is 2.19. The number of carbonyl (C=O) groups excluding carboxylic acids is 1. The number of hydrogen-bond acceptors (Lipinski definition) is 2. The lowest BCUT2D eigenvalue weighted by molar-refractivity contribution is 0.160. The Labute approximate surface area is 91.6 Å². The van der Waals surface area contributed by atoms with E-state index in [-0.39, 0.29) is 5.75 Å². The van der Waals surface area contributed by atoms with Crippen molar-refractivity contribution in [1.29, 1.82) is 0 Å². The summed E-state index contributed by atoms with van der Waals surface area (Å²) in [7, 11) is 0. The van der Waals surface area contributed by atoms with Crippen LogP contribution in [0, 0.1) is 11.6 Å². The molecule has 3 nitrogen and oxygen atoms in total. The molecule has 1 aliphatic heterocycles. The third-order valence-corrected chi connectivity index (χ3v) is 2.45. The molecule has 1 saturated heterocycles.